The highest BCUT2D eigenvalue weighted by molar-refractivity contribution is 5.89. The van der Waals surface area contributed by atoms with Crippen LogP contribution in [0, 0.1) is 21.4 Å². The Balaban J connectivity index is 2.77. The van der Waals surface area contributed by atoms with Crippen LogP contribution in [0.5, 0.6) is 0 Å². The van der Waals surface area contributed by atoms with Gasteiger partial charge in [-0.25, -0.2) is 0 Å². The molecule has 1 aromatic carbocycles. The summed E-state index contributed by atoms with van der Waals surface area (Å²) in [5, 5.41) is 19.3. The lowest BCUT2D eigenvalue weighted by Gasteiger charge is -2.02. The number of halogens is 3. The van der Waals surface area contributed by atoms with Crippen molar-refractivity contribution < 1.29 is 18.1 Å². The highest BCUT2D eigenvalue weighted by atomic mass is 19.4. The molecule has 2 aromatic rings. The number of benzene rings is 1. The number of alkyl halides is 3. The SMILES string of the molecule is N#Cc1c(C(F)(F)F)[nH]c2cc([N+](=O)[O-])ccc12. The third-order valence-corrected chi connectivity index (χ3v) is 2.39. The van der Waals surface area contributed by atoms with Crippen molar-refractivity contribution in [1.29, 1.82) is 5.26 Å². The number of nitro groups is 1. The maximum atomic E-state index is 12.6. The first-order valence-electron chi connectivity index (χ1n) is 4.62. The second kappa shape index (κ2) is 3.73. The second-order valence-electron chi connectivity index (χ2n) is 3.47. The maximum Gasteiger partial charge on any atom is 0.432 e. The number of rotatable bonds is 1. The zero-order chi connectivity index (χ0) is 13.5. The first kappa shape index (κ1) is 11.9. The minimum atomic E-state index is -4.71. The first-order valence-corrected chi connectivity index (χ1v) is 4.62. The van der Waals surface area contributed by atoms with Gasteiger partial charge in [-0.15, -0.1) is 0 Å². The minimum Gasteiger partial charge on any atom is -0.350 e. The number of hydrogen-bond donors (Lipinski definition) is 1. The molecule has 8 heteroatoms. The molecule has 0 fully saturated rings. The van der Waals surface area contributed by atoms with Crippen molar-refractivity contribution in [3.05, 3.63) is 39.6 Å². The molecule has 0 spiro atoms. The maximum absolute atomic E-state index is 12.6. The normalized spacial score (nSPS) is 11.4. The number of nitrogens with one attached hydrogen (secondary N) is 1. The molecule has 0 amide bonds. The summed E-state index contributed by atoms with van der Waals surface area (Å²) in [7, 11) is 0. The lowest BCUT2D eigenvalue weighted by molar-refractivity contribution is -0.384. The van der Waals surface area contributed by atoms with E-state index >= 15 is 0 Å². The van der Waals surface area contributed by atoms with Gasteiger partial charge in [0.25, 0.3) is 5.69 Å². The van der Waals surface area contributed by atoms with E-state index in [1.54, 1.807) is 0 Å². The Labute approximate surface area is 97.6 Å². The van der Waals surface area contributed by atoms with E-state index in [0.29, 0.717) is 0 Å². The van der Waals surface area contributed by atoms with Crippen LogP contribution in [-0.2, 0) is 6.18 Å². The highest BCUT2D eigenvalue weighted by Crippen LogP contribution is 2.35. The lowest BCUT2D eigenvalue weighted by atomic mass is 10.1. The standard InChI is InChI=1S/C10H4F3N3O2/c11-10(12,13)9-7(4-14)6-2-1-5(16(17)18)3-8(6)15-9/h1-3,15H. The van der Waals surface area contributed by atoms with E-state index in [1.807, 2.05) is 4.98 Å². The molecular formula is C10H4F3N3O2. The number of nitrogens with zero attached hydrogens (tertiary/aromatic N) is 2. The van der Waals surface area contributed by atoms with Crippen LogP contribution in [0.1, 0.15) is 11.3 Å². The van der Waals surface area contributed by atoms with Crippen LogP contribution in [0.2, 0.25) is 0 Å². The van der Waals surface area contributed by atoms with Gasteiger partial charge in [0.05, 0.1) is 16.0 Å². The van der Waals surface area contributed by atoms with Gasteiger partial charge in [-0.1, -0.05) is 0 Å². The van der Waals surface area contributed by atoms with Crippen LogP contribution in [-0.4, -0.2) is 9.91 Å². The molecule has 0 saturated carbocycles. The fourth-order valence-corrected chi connectivity index (χ4v) is 1.63. The van der Waals surface area contributed by atoms with E-state index in [-0.39, 0.29) is 16.6 Å². The molecule has 1 heterocycles. The molecule has 1 N–H and O–H groups in total. The van der Waals surface area contributed by atoms with Gasteiger partial charge in [0.1, 0.15) is 11.8 Å². The van der Waals surface area contributed by atoms with E-state index in [1.165, 1.54) is 6.07 Å². The Bertz CT molecular complexity index is 682. The fraction of sp³-hybridized carbons (Fsp3) is 0.100. The zero-order valence-corrected chi connectivity index (χ0v) is 8.58. The molecule has 1 aromatic heterocycles. The third kappa shape index (κ3) is 1.75. The molecule has 92 valence electrons. The topological polar surface area (TPSA) is 82.7 Å². The van der Waals surface area contributed by atoms with Gasteiger partial charge in [-0.3, -0.25) is 10.1 Å². The summed E-state index contributed by atoms with van der Waals surface area (Å²) in [4.78, 5) is 11.8. The molecule has 2 rings (SSSR count). The second-order valence-corrected chi connectivity index (χ2v) is 3.47. The fourth-order valence-electron chi connectivity index (χ4n) is 1.63. The molecule has 0 saturated heterocycles. The van der Waals surface area contributed by atoms with Gasteiger partial charge in [-0.2, -0.15) is 18.4 Å². The van der Waals surface area contributed by atoms with Crippen molar-refractivity contribution in [3.63, 3.8) is 0 Å². The molecule has 18 heavy (non-hydrogen) atoms. The van der Waals surface area contributed by atoms with Crippen LogP contribution in [0.3, 0.4) is 0 Å². The summed E-state index contributed by atoms with van der Waals surface area (Å²) in [6.07, 6.45) is -4.71. The quantitative estimate of drug-likeness (QED) is 0.628. The van der Waals surface area contributed by atoms with Crippen molar-refractivity contribution in [1.82, 2.24) is 4.98 Å². The Morgan fingerprint density at radius 2 is 2.06 bits per heavy atom. The van der Waals surface area contributed by atoms with Gasteiger partial charge in [0, 0.05) is 17.5 Å². The molecular weight excluding hydrogens is 251 g/mol. The predicted molar refractivity (Wildman–Crippen MR) is 54.7 cm³/mol. The van der Waals surface area contributed by atoms with Crippen molar-refractivity contribution in [2.75, 3.05) is 0 Å². The van der Waals surface area contributed by atoms with Gasteiger partial charge >= 0.3 is 6.18 Å². The van der Waals surface area contributed by atoms with Gasteiger partial charge < -0.3 is 4.98 Å². The van der Waals surface area contributed by atoms with E-state index in [4.69, 9.17) is 5.26 Å². The van der Waals surface area contributed by atoms with E-state index in [2.05, 4.69) is 0 Å². The van der Waals surface area contributed by atoms with Gasteiger partial charge in [0.15, 0.2) is 0 Å². The molecule has 0 aliphatic rings. The Morgan fingerprint density at radius 3 is 2.56 bits per heavy atom. The molecule has 0 aliphatic heterocycles. The average molecular weight is 255 g/mol. The van der Waals surface area contributed by atoms with Crippen LogP contribution in [0.15, 0.2) is 18.2 Å². The number of hydrogen-bond acceptors (Lipinski definition) is 3. The number of aromatic amines is 1. The summed E-state index contributed by atoms with van der Waals surface area (Å²) < 4.78 is 37.8. The van der Waals surface area contributed by atoms with Crippen molar-refractivity contribution >= 4 is 16.6 Å². The number of aromatic nitrogens is 1. The van der Waals surface area contributed by atoms with Crippen molar-refractivity contribution in [3.8, 4) is 6.07 Å². The number of nitro benzene ring substituents is 1. The smallest absolute Gasteiger partial charge is 0.350 e. The summed E-state index contributed by atoms with van der Waals surface area (Å²) in [6.45, 7) is 0. The van der Waals surface area contributed by atoms with E-state index in [9.17, 15) is 23.3 Å². The zero-order valence-electron chi connectivity index (χ0n) is 8.58. The number of non-ortho nitro benzene ring substituents is 1. The Hall–Kier alpha value is -2.56. The molecule has 0 aliphatic carbocycles. The summed E-state index contributed by atoms with van der Waals surface area (Å²) in [5.41, 5.74) is -2.19. The number of nitriles is 1. The Morgan fingerprint density at radius 1 is 1.39 bits per heavy atom. The van der Waals surface area contributed by atoms with E-state index in [0.717, 1.165) is 18.2 Å². The summed E-state index contributed by atoms with van der Waals surface area (Å²) in [6, 6.07) is 4.59. The van der Waals surface area contributed by atoms with Crippen LogP contribution < -0.4 is 0 Å². The van der Waals surface area contributed by atoms with Gasteiger partial charge in [-0.05, 0) is 6.07 Å². The van der Waals surface area contributed by atoms with Crippen molar-refractivity contribution in [2.24, 2.45) is 0 Å². The minimum absolute atomic E-state index is 0.00965. The number of fused-ring (bicyclic) bond motifs is 1. The van der Waals surface area contributed by atoms with Gasteiger partial charge in [0.2, 0.25) is 0 Å². The number of H-pyrrole nitrogens is 1. The molecule has 0 radical (unpaired) electrons. The molecule has 0 unspecified atom stereocenters. The van der Waals surface area contributed by atoms with Crippen molar-refractivity contribution in [2.45, 2.75) is 6.18 Å². The average Bonchev–Trinajstić information content (AvgIpc) is 2.65. The van der Waals surface area contributed by atoms with Crippen LogP contribution in [0.4, 0.5) is 18.9 Å². The first-order chi connectivity index (χ1) is 8.34. The summed E-state index contributed by atoms with van der Waals surface area (Å²) >= 11 is 0. The predicted octanol–water partition coefficient (Wildman–Crippen LogP) is 2.97. The lowest BCUT2D eigenvalue weighted by Crippen LogP contribution is -2.07. The monoisotopic (exact) mass is 255 g/mol. The molecule has 0 bridgehead atoms. The van der Waals surface area contributed by atoms with E-state index < -0.39 is 22.4 Å². The summed E-state index contributed by atoms with van der Waals surface area (Å²) in [5.74, 6) is 0. The highest BCUT2D eigenvalue weighted by Gasteiger charge is 2.36. The van der Waals surface area contributed by atoms with Crippen LogP contribution in [0.25, 0.3) is 10.9 Å². The largest absolute Gasteiger partial charge is 0.432 e. The van der Waals surface area contributed by atoms with Crippen LogP contribution >= 0.6 is 0 Å². The third-order valence-electron chi connectivity index (χ3n) is 2.39. The molecule has 5 nitrogen and oxygen atoms in total. The molecule has 0 atom stereocenters. The Kier molecular flexibility index (Phi) is 2.47.